The summed E-state index contributed by atoms with van der Waals surface area (Å²) in [5.41, 5.74) is 2.43. The van der Waals surface area contributed by atoms with Crippen LogP contribution in [0, 0.1) is 0 Å². The summed E-state index contributed by atoms with van der Waals surface area (Å²) in [5, 5.41) is 8.71. The van der Waals surface area contributed by atoms with Gasteiger partial charge in [-0.15, -0.1) is 0 Å². The van der Waals surface area contributed by atoms with E-state index in [-0.39, 0.29) is 0 Å². The summed E-state index contributed by atoms with van der Waals surface area (Å²) in [5.74, 6) is 0. The molecule has 3 heteroatoms. The van der Waals surface area contributed by atoms with Crippen LogP contribution in [0.3, 0.4) is 0 Å². The first-order chi connectivity index (χ1) is 6.79. The molecule has 0 amide bonds. The third-order valence-electron chi connectivity index (χ3n) is 2.35. The fourth-order valence-corrected chi connectivity index (χ4v) is 1.62. The summed E-state index contributed by atoms with van der Waals surface area (Å²) in [6, 6.07) is 6.44. The van der Waals surface area contributed by atoms with Crippen LogP contribution in [0.4, 0.5) is 0 Å². The van der Waals surface area contributed by atoms with E-state index in [1.54, 1.807) is 0 Å². The van der Waals surface area contributed by atoms with Crippen molar-refractivity contribution in [1.29, 1.82) is 0 Å². The fraction of sp³-hybridized carbons (Fsp3) is 0.364. The SMILES string of the molecule is CNCCc1ccc2nn(C)cc2c1. The number of benzene rings is 1. The molecule has 0 spiro atoms. The Balaban J connectivity index is 2.31. The monoisotopic (exact) mass is 189 g/mol. The molecule has 0 saturated carbocycles. The van der Waals surface area contributed by atoms with Crippen LogP contribution in [-0.2, 0) is 13.5 Å². The van der Waals surface area contributed by atoms with E-state index in [1.807, 2.05) is 18.8 Å². The maximum Gasteiger partial charge on any atom is 0.0923 e. The molecule has 3 nitrogen and oxygen atoms in total. The molecule has 1 heterocycles. The van der Waals surface area contributed by atoms with Crippen LogP contribution in [0.15, 0.2) is 24.4 Å². The fourth-order valence-electron chi connectivity index (χ4n) is 1.62. The minimum absolute atomic E-state index is 1.02. The topological polar surface area (TPSA) is 29.9 Å². The Morgan fingerprint density at radius 2 is 2.29 bits per heavy atom. The highest BCUT2D eigenvalue weighted by Crippen LogP contribution is 2.14. The van der Waals surface area contributed by atoms with E-state index in [1.165, 1.54) is 10.9 Å². The van der Waals surface area contributed by atoms with Crippen molar-refractivity contribution in [1.82, 2.24) is 15.1 Å². The molecule has 1 aromatic heterocycles. The lowest BCUT2D eigenvalue weighted by Gasteiger charge is -1.99. The summed E-state index contributed by atoms with van der Waals surface area (Å²) < 4.78 is 1.85. The number of aryl methyl sites for hydroxylation is 1. The quantitative estimate of drug-likeness (QED) is 0.789. The van der Waals surface area contributed by atoms with Gasteiger partial charge in [0.2, 0.25) is 0 Å². The Bertz CT molecular complexity index is 431. The van der Waals surface area contributed by atoms with Gasteiger partial charge in [-0.2, -0.15) is 5.10 Å². The molecule has 0 bridgehead atoms. The summed E-state index contributed by atoms with van der Waals surface area (Å²) in [4.78, 5) is 0. The van der Waals surface area contributed by atoms with Crippen molar-refractivity contribution in [3.05, 3.63) is 30.0 Å². The highest BCUT2D eigenvalue weighted by Gasteiger charge is 1.99. The molecule has 1 N–H and O–H groups in total. The highest BCUT2D eigenvalue weighted by molar-refractivity contribution is 5.78. The van der Waals surface area contributed by atoms with Crippen molar-refractivity contribution in [2.24, 2.45) is 7.05 Å². The standard InChI is InChI=1S/C11H15N3/c1-12-6-5-9-3-4-11-10(7-9)8-14(2)13-11/h3-4,7-8,12H,5-6H2,1-2H3. The zero-order valence-electron chi connectivity index (χ0n) is 8.62. The van der Waals surface area contributed by atoms with Crippen LogP contribution in [0.2, 0.25) is 0 Å². The summed E-state index contributed by atoms with van der Waals surface area (Å²) in [6.07, 6.45) is 3.12. The first-order valence-electron chi connectivity index (χ1n) is 4.86. The summed E-state index contributed by atoms with van der Waals surface area (Å²) in [6.45, 7) is 1.02. The molecule has 14 heavy (non-hydrogen) atoms. The first kappa shape index (κ1) is 9.21. The predicted molar refractivity (Wildman–Crippen MR) is 58.3 cm³/mol. The van der Waals surface area contributed by atoms with Crippen molar-refractivity contribution >= 4 is 10.9 Å². The van der Waals surface area contributed by atoms with Crippen LogP contribution in [-0.4, -0.2) is 23.4 Å². The number of nitrogens with one attached hydrogen (secondary N) is 1. The lowest BCUT2D eigenvalue weighted by molar-refractivity contribution is 0.780. The first-order valence-corrected chi connectivity index (χ1v) is 4.86. The molecule has 0 fully saturated rings. The molecule has 1 aromatic carbocycles. The van der Waals surface area contributed by atoms with E-state index in [9.17, 15) is 0 Å². The normalized spacial score (nSPS) is 11.0. The van der Waals surface area contributed by atoms with Crippen LogP contribution in [0.5, 0.6) is 0 Å². The molecule has 0 saturated heterocycles. The van der Waals surface area contributed by atoms with Gasteiger partial charge in [0, 0.05) is 18.6 Å². The van der Waals surface area contributed by atoms with Crippen LogP contribution >= 0.6 is 0 Å². The number of aromatic nitrogens is 2. The Morgan fingerprint density at radius 1 is 1.43 bits per heavy atom. The van der Waals surface area contributed by atoms with E-state index in [2.05, 4.69) is 34.8 Å². The van der Waals surface area contributed by atoms with E-state index in [0.717, 1.165) is 18.5 Å². The molecule has 2 rings (SSSR count). The average Bonchev–Trinajstić information content (AvgIpc) is 2.54. The number of likely N-dealkylation sites (N-methyl/N-ethyl adjacent to an activating group) is 1. The van der Waals surface area contributed by atoms with Gasteiger partial charge in [-0.25, -0.2) is 0 Å². The molecule has 74 valence electrons. The van der Waals surface area contributed by atoms with Crippen molar-refractivity contribution in [3.8, 4) is 0 Å². The van der Waals surface area contributed by atoms with Gasteiger partial charge in [0.05, 0.1) is 5.52 Å². The molecule has 0 unspecified atom stereocenters. The van der Waals surface area contributed by atoms with E-state index >= 15 is 0 Å². The summed E-state index contributed by atoms with van der Waals surface area (Å²) in [7, 11) is 3.93. The third kappa shape index (κ3) is 1.77. The number of rotatable bonds is 3. The second kappa shape index (κ2) is 3.80. The van der Waals surface area contributed by atoms with Gasteiger partial charge in [-0.05, 0) is 37.7 Å². The second-order valence-electron chi connectivity index (χ2n) is 3.55. The molecular weight excluding hydrogens is 174 g/mol. The smallest absolute Gasteiger partial charge is 0.0923 e. The summed E-state index contributed by atoms with van der Waals surface area (Å²) >= 11 is 0. The van der Waals surface area contributed by atoms with Crippen molar-refractivity contribution < 1.29 is 0 Å². The number of nitrogens with zero attached hydrogens (tertiary/aromatic N) is 2. The molecule has 0 aliphatic heterocycles. The van der Waals surface area contributed by atoms with Crippen molar-refractivity contribution in [3.63, 3.8) is 0 Å². The minimum atomic E-state index is 1.02. The van der Waals surface area contributed by atoms with Gasteiger partial charge in [0.25, 0.3) is 0 Å². The maximum atomic E-state index is 4.34. The molecule has 0 aliphatic carbocycles. The number of hydrogen-bond donors (Lipinski definition) is 1. The molecule has 0 aliphatic rings. The van der Waals surface area contributed by atoms with Gasteiger partial charge < -0.3 is 5.32 Å². The van der Waals surface area contributed by atoms with Gasteiger partial charge in [-0.1, -0.05) is 6.07 Å². The number of hydrogen-bond acceptors (Lipinski definition) is 2. The second-order valence-corrected chi connectivity index (χ2v) is 3.55. The van der Waals surface area contributed by atoms with Gasteiger partial charge in [-0.3, -0.25) is 4.68 Å². The Labute approximate surface area is 83.7 Å². The highest BCUT2D eigenvalue weighted by atomic mass is 15.2. The third-order valence-corrected chi connectivity index (χ3v) is 2.35. The molecule has 0 atom stereocenters. The molecule has 2 aromatic rings. The van der Waals surface area contributed by atoms with Gasteiger partial charge in [0.15, 0.2) is 0 Å². The van der Waals surface area contributed by atoms with E-state index in [0.29, 0.717) is 0 Å². The van der Waals surface area contributed by atoms with E-state index in [4.69, 9.17) is 0 Å². The Hall–Kier alpha value is -1.35. The average molecular weight is 189 g/mol. The molecule has 0 radical (unpaired) electrons. The zero-order chi connectivity index (χ0) is 9.97. The Kier molecular flexibility index (Phi) is 2.50. The van der Waals surface area contributed by atoms with Crippen molar-refractivity contribution in [2.45, 2.75) is 6.42 Å². The van der Waals surface area contributed by atoms with Crippen molar-refractivity contribution in [2.75, 3.05) is 13.6 Å². The Morgan fingerprint density at radius 3 is 3.07 bits per heavy atom. The van der Waals surface area contributed by atoms with Gasteiger partial charge >= 0.3 is 0 Å². The van der Waals surface area contributed by atoms with Crippen LogP contribution in [0.1, 0.15) is 5.56 Å². The van der Waals surface area contributed by atoms with E-state index < -0.39 is 0 Å². The lowest BCUT2D eigenvalue weighted by Crippen LogP contribution is -2.10. The largest absolute Gasteiger partial charge is 0.319 e. The minimum Gasteiger partial charge on any atom is -0.319 e. The van der Waals surface area contributed by atoms with Crippen LogP contribution in [0.25, 0.3) is 10.9 Å². The zero-order valence-corrected chi connectivity index (χ0v) is 8.62. The predicted octanol–water partition coefficient (Wildman–Crippen LogP) is 1.34. The number of fused-ring (bicyclic) bond motifs is 1. The lowest BCUT2D eigenvalue weighted by atomic mass is 10.1. The van der Waals surface area contributed by atoms with Gasteiger partial charge in [0.1, 0.15) is 0 Å². The van der Waals surface area contributed by atoms with Crippen LogP contribution < -0.4 is 5.32 Å². The molecular formula is C11H15N3. The maximum absolute atomic E-state index is 4.34.